The van der Waals surface area contributed by atoms with Gasteiger partial charge in [-0.05, 0) is 18.1 Å². The maximum atomic E-state index is 10.2. The maximum Gasteiger partial charge on any atom is 0.337 e. The van der Waals surface area contributed by atoms with Gasteiger partial charge in [-0.1, -0.05) is 60.7 Å². The minimum atomic E-state index is -1.41. The molecule has 0 aromatic heterocycles. The number of aliphatic hydroxyl groups excluding tert-OH is 1. The average Bonchev–Trinajstić information content (AvgIpc) is 2.49. The topological polar surface area (TPSA) is 83.6 Å². The maximum absolute atomic E-state index is 10.2. The van der Waals surface area contributed by atoms with Gasteiger partial charge in [0.1, 0.15) is 0 Å². The van der Waals surface area contributed by atoms with E-state index in [0.717, 1.165) is 0 Å². The number of carbonyl (C=O) groups is 1. The zero-order chi connectivity index (χ0) is 15.0. The minimum absolute atomic E-state index is 0.159. The van der Waals surface area contributed by atoms with Crippen LogP contribution in [-0.4, -0.2) is 16.2 Å². The lowest BCUT2D eigenvalue weighted by Crippen LogP contribution is -2.09. The monoisotopic (exact) mass is 273 g/mol. The van der Waals surface area contributed by atoms with Crippen LogP contribution in [0.4, 0.5) is 0 Å². The van der Waals surface area contributed by atoms with Crippen LogP contribution in [-0.2, 0) is 4.79 Å². The van der Waals surface area contributed by atoms with Crippen LogP contribution >= 0.6 is 0 Å². The summed E-state index contributed by atoms with van der Waals surface area (Å²) in [4.78, 5) is 10.2. The van der Waals surface area contributed by atoms with Crippen molar-refractivity contribution >= 4 is 5.97 Å². The molecule has 0 saturated carbocycles. The number of aliphatic hydroxyl groups is 1. The van der Waals surface area contributed by atoms with E-state index in [1.807, 2.05) is 37.3 Å². The molecule has 0 aliphatic rings. The van der Waals surface area contributed by atoms with Crippen LogP contribution in [0.25, 0.3) is 0 Å². The molecule has 2 aromatic carbocycles. The van der Waals surface area contributed by atoms with Gasteiger partial charge in [-0.25, -0.2) is 4.79 Å². The fraction of sp³-hybridized carbons (Fsp3) is 0.188. The SMILES string of the molecule is C[C@@H](N)c1ccccc1.O=C(O)[C@H](O)c1ccccc1. The molecule has 2 atom stereocenters. The highest BCUT2D eigenvalue weighted by Gasteiger charge is 2.14. The molecule has 0 fully saturated rings. The highest BCUT2D eigenvalue weighted by Crippen LogP contribution is 2.11. The summed E-state index contributed by atoms with van der Waals surface area (Å²) in [6, 6.07) is 18.5. The van der Waals surface area contributed by atoms with Crippen molar-refractivity contribution in [2.75, 3.05) is 0 Å². The zero-order valence-electron chi connectivity index (χ0n) is 11.3. The standard InChI is InChI=1S/C8H11N.C8H8O3/c1-7(9)8-5-3-2-4-6-8;9-7(8(10)11)6-4-2-1-3-5-6/h2-7H,9H2,1H3;1-5,7,9H,(H,10,11)/t2*7-/m11/s1. The molecule has 0 aliphatic heterocycles. The van der Waals surface area contributed by atoms with E-state index in [9.17, 15) is 4.79 Å². The van der Waals surface area contributed by atoms with Crippen molar-refractivity contribution in [3.05, 3.63) is 71.8 Å². The molecule has 2 aromatic rings. The van der Waals surface area contributed by atoms with E-state index in [-0.39, 0.29) is 6.04 Å². The second-order valence-corrected chi connectivity index (χ2v) is 4.35. The molecule has 0 aliphatic carbocycles. The molecule has 0 spiro atoms. The number of carboxylic acids is 1. The third kappa shape index (κ3) is 5.22. The van der Waals surface area contributed by atoms with Crippen molar-refractivity contribution in [1.82, 2.24) is 0 Å². The fourth-order valence-corrected chi connectivity index (χ4v) is 1.53. The predicted molar refractivity (Wildman–Crippen MR) is 78.1 cm³/mol. The van der Waals surface area contributed by atoms with Crippen molar-refractivity contribution in [1.29, 1.82) is 0 Å². The van der Waals surface area contributed by atoms with E-state index in [1.54, 1.807) is 30.3 Å². The number of hydrogen-bond acceptors (Lipinski definition) is 3. The molecule has 0 saturated heterocycles. The summed E-state index contributed by atoms with van der Waals surface area (Å²) in [6.07, 6.45) is -1.41. The Labute approximate surface area is 118 Å². The molecule has 4 nitrogen and oxygen atoms in total. The van der Waals surface area contributed by atoms with Crippen LogP contribution in [0.1, 0.15) is 30.2 Å². The molecule has 0 unspecified atom stereocenters. The van der Waals surface area contributed by atoms with Crippen molar-refractivity contribution in [3.63, 3.8) is 0 Å². The quantitative estimate of drug-likeness (QED) is 0.802. The molecule has 0 bridgehead atoms. The number of nitrogens with two attached hydrogens (primary N) is 1. The second kappa shape index (κ2) is 8.09. The molecular weight excluding hydrogens is 254 g/mol. The first-order valence-electron chi connectivity index (χ1n) is 6.28. The van der Waals surface area contributed by atoms with Gasteiger partial charge in [0.25, 0.3) is 0 Å². The van der Waals surface area contributed by atoms with Crippen molar-refractivity contribution in [3.8, 4) is 0 Å². The number of carboxylic acid groups (broad SMARTS) is 1. The minimum Gasteiger partial charge on any atom is -0.479 e. The summed E-state index contributed by atoms with van der Waals surface area (Å²) in [7, 11) is 0. The second-order valence-electron chi connectivity index (χ2n) is 4.35. The van der Waals surface area contributed by atoms with Gasteiger partial charge in [0, 0.05) is 6.04 Å². The zero-order valence-corrected chi connectivity index (χ0v) is 11.3. The van der Waals surface area contributed by atoms with Crippen LogP contribution in [0.3, 0.4) is 0 Å². The van der Waals surface area contributed by atoms with Gasteiger partial charge in [0.15, 0.2) is 6.10 Å². The first-order valence-corrected chi connectivity index (χ1v) is 6.28. The summed E-state index contributed by atoms with van der Waals surface area (Å²) in [5.74, 6) is -1.23. The largest absolute Gasteiger partial charge is 0.479 e. The van der Waals surface area contributed by atoms with E-state index in [1.165, 1.54) is 5.56 Å². The van der Waals surface area contributed by atoms with Crippen LogP contribution in [0.5, 0.6) is 0 Å². The van der Waals surface area contributed by atoms with E-state index < -0.39 is 12.1 Å². The van der Waals surface area contributed by atoms with Crippen LogP contribution in [0.2, 0.25) is 0 Å². The summed E-state index contributed by atoms with van der Waals surface area (Å²) in [5.41, 5.74) is 7.21. The van der Waals surface area contributed by atoms with Crippen molar-refractivity contribution in [2.24, 2.45) is 5.73 Å². The van der Waals surface area contributed by atoms with Gasteiger partial charge in [0.05, 0.1) is 0 Å². The molecule has 2 rings (SSSR count). The molecule has 4 heteroatoms. The Hall–Kier alpha value is -2.17. The van der Waals surface area contributed by atoms with E-state index >= 15 is 0 Å². The highest BCUT2D eigenvalue weighted by molar-refractivity contribution is 5.73. The molecular formula is C16H19NO3. The Balaban J connectivity index is 0.000000204. The van der Waals surface area contributed by atoms with Gasteiger partial charge in [-0.15, -0.1) is 0 Å². The summed E-state index contributed by atoms with van der Waals surface area (Å²) in [5, 5.41) is 17.4. The van der Waals surface area contributed by atoms with E-state index in [4.69, 9.17) is 15.9 Å². The smallest absolute Gasteiger partial charge is 0.337 e. The Kier molecular flexibility index (Phi) is 6.43. The summed E-state index contributed by atoms with van der Waals surface area (Å²) in [6.45, 7) is 1.98. The Bertz CT molecular complexity index is 512. The Morgan fingerprint density at radius 1 is 0.950 bits per heavy atom. The van der Waals surface area contributed by atoms with Crippen LogP contribution in [0.15, 0.2) is 60.7 Å². The molecule has 0 amide bonds. The van der Waals surface area contributed by atoms with Crippen molar-refractivity contribution in [2.45, 2.75) is 19.1 Å². The highest BCUT2D eigenvalue weighted by atomic mass is 16.4. The third-order valence-electron chi connectivity index (χ3n) is 2.67. The number of aliphatic carboxylic acids is 1. The lowest BCUT2D eigenvalue weighted by Gasteiger charge is -2.03. The Morgan fingerprint density at radius 3 is 1.65 bits per heavy atom. The molecule has 4 N–H and O–H groups in total. The van der Waals surface area contributed by atoms with Gasteiger partial charge >= 0.3 is 5.97 Å². The first kappa shape index (κ1) is 15.9. The average molecular weight is 273 g/mol. The van der Waals surface area contributed by atoms with Crippen LogP contribution in [0, 0.1) is 0 Å². The molecule has 0 heterocycles. The third-order valence-corrected chi connectivity index (χ3v) is 2.67. The first-order chi connectivity index (χ1) is 9.52. The predicted octanol–water partition coefficient (Wildman–Crippen LogP) is 2.51. The van der Waals surface area contributed by atoms with Gasteiger partial charge in [-0.3, -0.25) is 0 Å². The van der Waals surface area contributed by atoms with Crippen LogP contribution < -0.4 is 5.73 Å². The number of benzene rings is 2. The Morgan fingerprint density at radius 2 is 1.35 bits per heavy atom. The molecule has 20 heavy (non-hydrogen) atoms. The van der Waals surface area contributed by atoms with Crippen molar-refractivity contribution < 1.29 is 15.0 Å². The van der Waals surface area contributed by atoms with Gasteiger partial charge in [-0.2, -0.15) is 0 Å². The normalized spacial score (nSPS) is 12.8. The lowest BCUT2D eigenvalue weighted by molar-refractivity contribution is -0.146. The number of rotatable bonds is 3. The van der Waals surface area contributed by atoms with Gasteiger partial charge in [0.2, 0.25) is 0 Å². The summed E-state index contributed by atoms with van der Waals surface area (Å²) >= 11 is 0. The molecule has 0 radical (unpaired) electrons. The molecule has 106 valence electrons. The summed E-state index contributed by atoms with van der Waals surface area (Å²) < 4.78 is 0. The van der Waals surface area contributed by atoms with Gasteiger partial charge < -0.3 is 15.9 Å². The number of hydrogen-bond donors (Lipinski definition) is 3. The van der Waals surface area contributed by atoms with E-state index in [2.05, 4.69) is 0 Å². The fourth-order valence-electron chi connectivity index (χ4n) is 1.53. The lowest BCUT2D eigenvalue weighted by atomic mass is 10.1. The van der Waals surface area contributed by atoms with E-state index in [0.29, 0.717) is 5.56 Å².